The van der Waals surface area contributed by atoms with Gasteiger partial charge in [-0.15, -0.1) is 35.4 Å². The number of rotatable bonds is 5. The summed E-state index contributed by atoms with van der Waals surface area (Å²) in [6, 6.07) is 28.1. The number of aromatic nitrogens is 3. The maximum absolute atomic E-state index is 4.84. The molecule has 3 aromatic carbocycles. The van der Waals surface area contributed by atoms with Crippen molar-refractivity contribution in [1.82, 2.24) is 14.8 Å². The molecule has 0 aliphatic carbocycles. The third-order valence-electron chi connectivity index (χ3n) is 4.64. The van der Waals surface area contributed by atoms with Crippen LogP contribution in [-0.2, 0) is 26.5 Å². The number of nitrogens with zero attached hydrogens (tertiary/aromatic N) is 3. The molecule has 0 N–H and O–H groups in total. The molecule has 4 rings (SSSR count). The largest absolute Gasteiger partial charge is 0.261 e. The van der Waals surface area contributed by atoms with Crippen molar-refractivity contribution in [3.8, 4) is 28.2 Å². The molecule has 143 valence electrons. The Morgan fingerprint density at radius 2 is 1.68 bits per heavy atom. The van der Waals surface area contributed by atoms with Crippen LogP contribution in [0.1, 0.15) is 24.7 Å². The first-order valence-corrected chi connectivity index (χ1v) is 9.35. The summed E-state index contributed by atoms with van der Waals surface area (Å²) in [7, 11) is 0. The van der Waals surface area contributed by atoms with E-state index in [1.54, 1.807) is 0 Å². The Morgan fingerprint density at radius 3 is 2.43 bits per heavy atom. The van der Waals surface area contributed by atoms with Gasteiger partial charge in [0.1, 0.15) is 5.82 Å². The van der Waals surface area contributed by atoms with Gasteiger partial charge in [0.15, 0.2) is 0 Å². The SMILES string of the molecule is CCCc1nc(-c2[c-]ccc(-c3ccccc3)c2)nn1-c1ccccc1C.[Ir]. The van der Waals surface area contributed by atoms with E-state index in [4.69, 9.17) is 10.1 Å². The Kier molecular flexibility index (Phi) is 6.56. The van der Waals surface area contributed by atoms with Gasteiger partial charge < -0.3 is 0 Å². The molecule has 0 aliphatic rings. The normalized spacial score (nSPS) is 10.5. The Balaban J connectivity index is 0.00000225. The molecule has 28 heavy (non-hydrogen) atoms. The number of para-hydroxylation sites is 1. The first-order valence-electron chi connectivity index (χ1n) is 9.35. The summed E-state index contributed by atoms with van der Waals surface area (Å²) in [6.45, 7) is 4.27. The van der Waals surface area contributed by atoms with Crippen molar-refractivity contribution in [2.45, 2.75) is 26.7 Å². The van der Waals surface area contributed by atoms with Gasteiger partial charge in [0.2, 0.25) is 0 Å². The van der Waals surface area contributed by atoms with Crippen LogP contribution in [0, 0.1) is 13.0 Å². The Labute approximate surface area is 179 Å². The average Bonchev–Trinajstić information content (AvgIpc) is 3.13. The molecular weight excluding hydrogens is 523 g/mol. The van der Waals surface area contributed by atoms with E-state index in [0.717, 1.165) is 41.3 Å². The maximum atomic E-state index is 4.84. The molecule has 0 spiro atoms. The second-order valence-electron chi connectivity index (χ2n) is 6.66. The molecule has 0 aliphatic heterocycles. The quantitative estimate of drug-likeness (QED) is 0.304. The van der Waals surface area contributed by atoms with Gasteiger partial charge in [-0.3, -0.25) is 4.98 Å². The van der Waals surface area contributed by atoms with Crippen molar-refractivity contribution in [2.24, 2.45) is 0 Å². The zero-order chi connectivity index (χ0) is 18.6. The number of aryl methyl sites for hydroxylation is 2. The summed E-state index contributed by atoms with van der Waals surface area (Å²) in [4.78, 5) is 4.84. The molecule has 1 heterocycles. The van der Waals surface area contributed by atoms with Crippen LogP contribution < -0.4 is 0 Å². The van der Waals surface area contributed by atoms with E-state index >= 15 is 0 Å². The fourth-order valence-electron chi connectivity index (χ4n) is 3.24. The first-order chi connectivity index (χ1) is 13.3. The van der Waals surface area contributed by atoms with E-state index in [9.17, 15) is 0 Å². The predicted octanol–water partition coefficient (Wildman–Crippen LogP) is 5.66. The van der Waals surface area contributed by atoms with Gasteiger partial charge in [0, 0.05) is 26.5 Å². The first kappa shape index (κ1) is 20.2. The van der Waals surface area contributed by atoms with E-state index in [1.165, 1.54) is 11.1 Å². The second kappa shape index (κ2) is 9.09. The van der Waals surface area contributed by atoms with Crippen LogP contribution in [-0.4, -0.2) is 14.8 Å². The molecule has 4 aromatic rings. The summed E-state index contributed by atoms with van der Waals surface area (Å²) in [6.07, 6.45) is 1.91. The molecule has 3 nitrogen and oxygen atoms in total. The summed E-state index contributed by atoms with van der Waals surface area (Å²) >= 11 is 0. The van der Waals surface area contributed by atoms with E-state index < -0.39 is 0 Å². The van der Waals surface area contributed by atoms with Gasteiger partial charge in [-0.1, -0.05) is 55.5 Å². The van der Waals surface area contributed by atoms with E-state index in [0.29, 0.717) is 0 Å². The van der Waals surface area contributed by atoms with Crippen molar-refractivity contribution < 1.29 is 20.1 Å². The predicted molar refractivity (Wildman–Crippen MR) is 110 cm³/mol. The van der Waals surface area contributed by atoms with Gasteiger partial charge >= 0.3 is 0 Å². The average molecular weight is 545 g/mol. The second-order valence-corrected chi connectivity index (χ2v) is 6.66. The molecule has 0 saturated carbocycles. The summed E-state index contributed by atoms with van der Waals surface area (Å²) in [5.41, 5.74) is 5.52. The van der Waals surface area contributed by atoms with Crippen molar-refractivity contribution in [3.63, 3.8) is 0 Å². The van der Waals surface area contributed by atoms with Gasteiger partial charge in [-0.25, -0.2) is 4.68 Å². The third kappa shape index (κ3) is 4.14. The Bertz CT molecular complexity index is 1050. The number of hydrogen-bond donors (Lipinski definition) is 0. The smallest absolute Gasteiger partial charge is 0.122 e. The van der Waals surface area contributed by atoms with Crippen LogP contribution in [0.3, 0.4) is 0 Å². The van der Waals surface area contributed by atoms with Gasteiger partial charge in [0.05, 0.1) is 11.5 Å². The minimum absolute atomic E-state index is 0. The Hall–Kier alpha value is -2.55. The molecule has 0 bridgehead atoms. The summed E-state index contributed by atoms with van der Waals surface area (Å²) < 4.78 is 1.98. The van der Waals surface area contributed by atoms with Crippen LogP contribution in [0.15, 0.2) is 72.8 Å². The summed E-state index contributed by atoms with van der Waals surface area (Å²) in [5, 5.41) is 4.84. The molecule has 0 fully saturated rings. The topological polar surface area (TPSA) is 30.7 Å². The zero-order valence-corrected chi connectivity index (χ0v) is 18.4. The minimum atomic E-state index is 0. The van der Waals surface area contributed by atoms with Crippen molar-refractivity contribution >= 4 is 0 Å². The minimum Gasteiger partial charge on any atom is -0.261 e. The van der Waals surface area contributed by atoms with E-state index in [1.807, 2.05) is 28.9 Å². The van der Waals surface area contributed by atoms with Crippen molar-refractivity contribution in [2.75, 3.05) is 0 Å². The molecular formula is C24H22IrN3-. The third-order valence-corrected chi connectivity index (χ3v) is 4.64. The van der Waals surface area contributed by atoms with Crippen LogP contribution in [0.5, 0.6) is 0 Å². The van der Waals surface area contributed by atoms with E-state index in [-0.39, 0.29) is 20.1 Å². The van der Waals surface area contributed by atoms with Crippen molar-refractivity contribution in [3.05, 3.63) is 90.3 Å². The number of benzene rings is 3. The van der Waals surface area contributed by atoms with Crippen LogP contribution in [0.25, 0.3) is 28.2 Å². The molecule has 0 saturated heterocycles. The van der Waals surface area contributed by atoms with E-state index in [2.05, 4.69) is 68.4 Å². The Morgan fingerprint density at radius 1 is 0.929 bits per heavy atom. The van der Waals surface area contributed by atoms with Crippen LogP contribution in [0.2, 0.25) is 0 Å². The van der Waals surface area contributed by atoms with Crippen LogP contribution >= 0.6 is 0 Å². The summed E-state index contributed by atoms with van der Waals surface area (Å²) in [5.74, 6) is 1.71. The fourth-order valence-corrected chi connectivity index (χ4v) is 3.24. The molecule has 4 heteroatoms. The standard InChI is InChI=1S/C24H22N3.Ir/c1-3-10-23-25-24(26-27(23)22-16-8-7-11-18(22)2)21-15-9-14-20(17-21)19-12-5-4-6-13-19;/h4-9,11-14,16-17H,3,10H2,1-2H3;/q-1;. The van der Waals surface area contributed by atoms with Gasteiger partial charge in [-0.05, 0) is 30.5 Å². The monoisotopic (exact) mass is 545 g/mol. The molecule has 0 amide bonds. The molecule has 1 radical (unpaired) electrons. The molecule has 0 atom stereocenters. The molecule has 0 unspecified atom stereocenters. The fraction of sp³-hybridized carbons (Fsp3) is 0.167. The zero-order valence-electron chi connectivity index (χ0n) is 16.0. The number of hydrogen-bond acceptors (Lipinski definition) is 2. The van der Waals surface area contributed by atoms with Crippen LogP contribution in [0.4, 0.5) is 0 Å². The van der Waals surface area contributed by atoms with Crippen molar-refractivity contribution in [1.29, 1.82) is 0 Å². The molecule has 1 aromatic heterocycles. The van der Waals surface area contributed by atoms with Gasteiger partial charge in [0.25, 0.3) is 0 Å². The van der Waals surface area contributed by atoms with Gasteiger partial charge in [-0.2, -0.15) is 5.10 Å². The maximum Gasteiger partial charge on any atom is 0.122 e.